The molecule has 2 nitrogen and oxygen atoms in total. The maximum Gasteiger partial charge on any atom is 0.151 e. The smallest absolute Gasteiger partial charge is 0.151 e. The summed E-state index contributed by atoms with van der Waals surface area (Å²) in [6.07, 6.45) is 4.64. The van der Waals surface area contributed by atoms with Gasteiger partial charge in [-0.3, -0.25) is 9.59 Å². The maximum atomic E-state index is 12.8. The molecule has 1 unspecified atom stereocenters. The van der Waals surface area contributed by atoms with Crippen molar-refractivity contribution in [3.8, 4) is 0 Å². The van der Waals surface area contributed by atoms with Crippen LogP contribution in [0.4, 0.5) is 0 Å². The Labute approximate surface area is 126 Å². The minimum absolute atomic E-state index is 0.0122. The summed E-state index contributed by atoms with van der Waals surface area (Å²) in [6, 6.07) is 4.31. The zero-order valence-corrected chi connectivity index (χ0v) is 13.2. The Balaban J connectivity index is 2.12. The van der Waals surface area contributed by atoms with Crippen molar-refractivity contribution >= 4 is 11.6 Å². The van der Waals surface area contributed by atoms with Gasteiger partial charge in [-0.1, -0.05) is 38.0 Å². The second kappa shape index (κ2) is 5.40. The molecule has 2 aliphatic rings. The van der Waals surface area contributed by atoms with Gasteiger partial charge in [-0.15, -0.1) is 0 Å². The van der Waals surface area contributed by atoms with Crippen LogP contribution < -0.4 is 0 Å². The summed E-state index contributed by atoms with van der Waals surface area (Å²) >= 11 is 0. The van der Waals surface area contributed by atoms with E-state index in [0.717, 1.165) is 37.7 Å². The molecule has 2 heteroatoms. The number of carbonyl (C=O) groups excluding carboxylic acids is 2. The van der Waals surface area contributed by atoms with E-state index in [-0.39, 0.29) is 23.4 Å². The highest BCUT2D eigenvalue weighted by atomic mass is 16.2. The topological polar surface area (TPSA) is 34.1 Å². The van der Waals surface area contributed by atoms with E-state index in [9.17, 15) is 9.59 Å². The quantitative estimate of drug-likeness (QED) is 0.792. The summed E-state index contributed by atoms with van der Waals surface area (Å²) in [5, 5.41) is 0. The SMILES string of the molecule is CCc1cc(C)cc(CC)c1C1C(=O)[C@H]2CCC[C@H]2C1=O. The fourth-order valence-corrected chi connectivity index (χ4v) is 4.40. The predicted octanol–water partition coefficient (Wildman–Crippen LogP) is 3.77. The van der Waals surface area contributed by atoms with Gasteiger partial charge in [0.05, 0.1) is 0 Å². The Morgan fingerprint density at radius 2 is 1.43 bits per heavy atom. The average molecular weight is 284 g/mol. The van der Waals surface area contributed by atoms with E-state index in [1.165, 1.54) is 16.7 Å². The van der Waals surface area contributed by atoms with Crippen LogP contribution in [0.2, 0.25) is 0 Å². The third-order valence-corrected chi connectivity index (χ3v) is 5.36. The van der Waals surface area contributed by atoms with Crippen molar-refractivity contribution in [2.75, 3.05) is 0 Å². The molecule has 3 rings (SSSR count). The van der Waals surface area contributed by atoms with Crippen molar-refractivity contribution < 1.29 is 9.59 Å². The molecule has 2 saturated carbocycles. The minimum Gasteiger partial charge on any atom is -0.298 e. The molecule has 0 aliphatic heterocycles. The highest BCUT2D eigenvalue weighted by Crippen LogP contribution is 2.47. The van der Waals surface area contributed by atoms with Crippen LogP contribution in [0, 0.1) is 18.8 Å². The molecule has 0 N–H and O–H groups in total. The summed E-state index contributed by atoms with van der Waals surface area (Å²) in [5.74, 6) is -0.0336. The van der Waals surface area contributed by atoms with Crippen molar-refractivity contribution in [2.45, 2.75) is 58.8 Å². The van der Waals surface area contributed by atoms with Crippen molar-refractivity contribution in [2.24, 2.45) is 11.8 Å². The lowest BCUT2D eigenvalue weighted by atomic mass is 9.83. The van der Waals surface area contributed by atoms with Gasteiger partial charge in [0, 0.05) is 11.8 Å². The van der Waals surface area contributed by atoms with E-state index >= 15 is 0 Å². The maximum absolute atomic E-state index is 12.8. The molecule has 1 aromatic carbocycles. The van der Waals surface area contributed by atoms with Gasteiger partial charge in [0.15, 0.2) is 11.6 Å². The molecule has 0 radical (unpaired) electrons. The highest BCUT2D eigenvalue weighted by Gasteiger charge is 2.52. The Kier molecular flexibility index (Phi) is 3.73. The molecule has 0 heterocycles. The lowest BCUT2D eigenvalue weighted by Gasteiger charge is -2.19. The first-order valence-electron chi connectivity index (χ1n) is 8.28. The van der Waals surface area contributed by atoms with Crippen molar-refractivity contribution in [1.82, 2.24) is 0 Å². The molecule has 112 valence electrons. The van der Waals surface area contributed by atoms with Crippen LogP contribution in [0.3, 0.4) is 0 Å². The fraction of sp³-hybridized carbons (Fsp3) is 0.579. The van der Waals surface area contributed by atoms with E-state index in [1.807, 2.05) is 0 Å². The van der Waals surface area contributed by atoms with E-state index < -0.39 is 5.92 Å². The molecule has 0 saturated heterocycles. The summed E-state index contributed by atoms with van der Waals surface area (Å²) in [4.78, 5) is 25.6. The zero-order chi connectivity index (χ0) is 15.1. The lowest BCUT2D eigenvalue weighted by Crippen LogP contribution is -2.19. The number of hydrogen-bond donors (Lipinski definition) is 0. The number of carbonyl (C=O) groups is 2. The molecule has 2 fully saturated rings. The normalized spacial score (nSPS) is 28.2. The second-order valence-corrected chi connectivity index (χ2v) is 6.59. The molecule has 1 aromatic rings. The standard InChI is InChI=1S/C19H24O2/c1-4-12-9-11(3)10-13(5-2)16(12)17-18(20)14-7-6-8-15(14)19(17)21/h9-10,14-15,17H,4-8H2,1-3H3/t14-,15+,17?. The lowest BCUT2D eigenvalue weighted by molar-refractivity contribution is -0.125. The number of fused-ring (bicyclic) bond motifs is 1. The van der Waals surface area contributed by atoms with Crippen LogP contribution in [-0.4, -0.2) is 11.6 Å². The van der Waals surface area contributed by atoms with Gasteiger partial charge in [-0.25, -0.2) is 0 Å². The second-order valence-electron chi connectivity index (χ2n) is 6.59. The molecule has 2 aliphatic carbocycles. The van der Waals surface area contributed by atoms with Crippen molar-refractivity contribution in [3.05, 3.63) is 34.4 Å². The molecule has 0 amide bonds. The van der Waals surface area contributed by atoms with Gasteiger partial charge in [-0.05, 0) is 49.3 Å². The summed E-state index contributed by atoms with van der Waals surface area (Å²) in [6.45, 7) is 6.32. The Morgan fingerprint density at radius 1 is 0.952 bits per heavy atom. The molecule has 0 bridgehead atoms. The summed E-state index contributed by atoms with van der Waals surface area (Å²) in [5.41, 5.74) is 4.66. The summed E-state index contributed by atoms with van der Waals surface area (Å²) < 4.78 is 0. The Hall–Kier alpha value is -1.44. The van der Waals surface area contributed by atoms with Crippen molar-refractivity contribution in [3.63, 3.8) is 0 Å². The number of rotatable bonds is 3. The Morgan fingerprint density at radius 3 is 1.86 bits per heavy atom. The molecular formula is C19H24O2. The van der Waals surface area contributed by atoms with Crippen LogP contribution in [0.5, 0.6) is 0 Å². The highest BCUT2D eigenvalue weighted by molar-refractivity contribution is 6.16. The van der Waals surface area contributed by atoms with Crippen LogP contribution >= 0.6 is 0 Å². The average Bonchev–Trinajstić information content (AvgIpc) is 3.04. The van der Waals surface area contributed by atoms with Gasteiger partial charge >= 0.3 is 0 Å². The number of Topliss-reactive ketones (excluding diaryl/α,β-unsaturated/α-hetero) is 2. The largest absolute Gasteiger partial charge is 0.298 e. The minimum atomic E-state index is -0.467. The van der Waals surface area contributed by atoms with Gasteiger partial charge in [0.25, 0.3) is 0 Å². The number of hydrogen-bond acceptors (Lipinski definition) is 2. The third kappa shape index (κ3) is 2.16. The molecular weight excluding hydrogens is 260 g/mol. The van der Waals surface area contributed by atoms with E-state index in [1.54, 1.807) is 0 Å². The van der Waals surface area contributed by atoms with Crippen LogP contribution in [0.15, 0.2) is 12.1 Å². The molecule has 21 heavy (non-hydrogen) atoms. The summed E-state index contributed by atoms with van der Waals surface area (Å²) in [7, 11) is 0. The van der Waals surface area contributed by atoms with Crippen LogP contribution in [0.25, 0.3) is 0 Å². The number of benzene rings is 1. The first kappa shape index (κ1) is 14.5. The first-order chi connectivity index (χ1) is 10.1. The zero-order valence-electron chi connectivity index (χ0n) is 13.2. The number of aryl methyl sites for hydroxylation is 3. The van der Waals surface area contributed by atoms with Crippen molar-refractivity contribution in [1.29, 1.82) is 0 Å². The van der Waals surface area contributed by atoms with Gasteiger partial charge in [-0.2, -0.15) is 0 Å². The number of ketones is 2. The molecule has 3 atom stereocenters. The monoisotopic (exact) mass is 284 g/mol. The Bertz CT molecular complexity index is 553. The van der Waals surface area contributed by atoms with Crippen LogP contribution in [-0.2, 0) is 22.4 Å². The van der Waals surface area contributed by atoms with Gasteiger partial charge in [0.2, 0.25) is 0 Å². The predicted molar refractivity (Wildman–Crippen MR) is 83.5 cm³/mol. The van der Waals surface area contributed by atoms with Gasteiger partial charge in [0.1, 0.15) is 5.92 Å². The third-order valence-electron chi connectivity index (χ3n) is 5.36. The molecule has 0 aromatic heterocycles. The van der Waals surface area contributed by atoms with E-state index in [2.05, 4.69) is 32.9 Å². The van der Waals surface area contributed by atoms with Gasteiger partial charge < -0.3 is 0 Å². The van der Waals surface area contributed by atoms with E-state index in [0.29, 0.717) is 0 Å². The van der Waals surface area contributed by atoms with Crippen LogP contribution in [0.1, 0.15) is 61.3 Å². The van der Waals surface area contributed by atoms with E-state index in [4.69, 9.17) is 0 Å². The molecule has 0 spiro atoms. The fourth-order valence-electron chi connectivity index (χ4n) is 4.40. The first-order valence-corrected chi connectivity index (χ1v) is 8.28.